The van der Waals surface area contributed by atoms with Crippen molar-refractivity contribution >= 4 is 34.8 Å². The zero-order chi connectivity index (χ0) is 9.72. The van der Waals surface area contributed by atoms with Crippen molar-refractivity contribution < 1.29 is 22.2 Å². The van der Waals surface area contributed by atoms with Gasteiger partial charge in [-0.05, 0) is 0 Å². The summed E-state index contributed by atoms with van der Waals surface area (Å²) in [7, 11) is -1.63. The molecule has 0 unspecified atom stereocenters. The molecule has 0 bridgehead atoms. The first-order valence-corrected chi connectivity index (χ1v) is 4.64. The van der Waals surface area contributed by atoms with Crippen LogP contribution >= 0.6 is 27.3 Å². The lowest BCUT2D eigenvalue weighted by Crippen LogP contribution is -3.00. The fourth-order valence-electron chi connectivity index (χ4n) is 0.431. The van der Waals surface area contributed by atoms with Gasteiger partial charge in [0.25, 0.3) is 0 Å². The van der Waals surface area contributed by atoms with E-state index < -0.39 is 7.54 Å². The summed E-state index contributed by atoms with van der Waals surface area (Å²) >= 11 is 5.11. The molecule has 0 aromatic carbocycles. The van der Waals surface area contributed by atoms with Crippen LogP contribution in [0, 0.1) is 6.92 Å². The fraction of sp³-hybridized carbons (Fsp3) is 0.400. The van der Waals surface area contributed by atoms with Gasteiger partial charge in [-0.25, -0.2) is 0 Å². The third-order valence-electron chi connectivity index (χ3n) is 1.12. The lowest BCUT2D eigenvalue weighted by Gasteiger charge is -1.79. The van der Waals surface area contributed by atoms with Crippen molar-refractivity contribution in [3.63, 3.8) is 0 Å². The quantitative estimate of drug-likeness (QED) is 0.343. The number of aromatic nitrogens is 1. The molecule has 1 aromatic heterocycles. The molecule has 1 rings (SSSR count). The topological polar surface area (TPSA) is 3.88 Å². The minimum absolute atomic E-state index is 0. The number of halogens is 5. The molecule has 0 saturated heterocycles. The average molecular weight is 280 g/mol. The number of rotatable bonds is 0. The van der Waals surface area contributed by atoms with Gasteiger partial charge in [0, 0.05) is 22.9 Å². The zero-order valence-corrected chi connectivity index (χ0v) is 9.30. The Morgan fingerprint density at radius 2 is 1.85 bits per heavy atom. The number of nitrogens with zero attached hydrogens (tertiary/aromatic N) is 1. The minimum atomic E-state index is -3.67. The van der Waals surface area contributed by atoms with Crippen LogP contribution in [0.25, 0.3) is 0 Å². The fourth-order valence-corrected chi connectivity index (χ4v) is 1.72. The van der Waals surface area contributed by atoms with Gasteiger partial charge in [-0.1, -0.05) is 11.3 Å². The smallest absolute Gasteiger partial charge is 0.762 e. The van der Waals surface area contributed by atoms with Crippen LogP contribution in [0.2, 0.25) is 0 Å². The second-order valence-corrected chi connectivity index (χ2v) is 4.07. The molecule has 0 atom stereocenters. The highest BCUT2D eigenvalue weighted by atomic mass is 79.9. The Morgan fingerprint density at radius 3 is 1.92 bits per heavy atom. The number of thiazole rings is 1. The summed E-state index contributed by atoms with van der Waals surface area (Å²) in [6, 6.07) is 0. The molecular weight excluding hydrogens is 273 g/mol. The van der Waals surface area contributed by atoms with Gasteiger partial charge in [-0.3, -0.25) is 12.9 Å². The maximum Gasteiger partial charge on any atom is 0.762 e. The third-order valence-corrected chi connectivity index (χ3v) is 3.14. The Labute approximate surface area is 86.3 Å². The molecule has 13 heavy (non-hydrogen) atoms. The highest BCUT2D eigenvalue weighted by Crippen LogP contribution is 2.11. The van der Waals surface area contributed by atoms with Crippen LogP contribution in [-0.4, -0.2) is 7.54 Å². The molecule has 0 aliphatic carbocycles. The van der Waals surface area contributed by atoms with Gasteiger partial charge in [0.15, 0.2) is 5.69 Å². The first-order valence-electron chi connectivity index (χ1n) is 2.97. The molecule has 8 heteroatoms. The second kappa shape index (κ2) is 7.31. The van der Waals surface area contributed by atoms with Crippen molar-refractivity contribution in [3.8, 4) is 0 Å². The molecule has 0 amide bonds. The minimum Gasteiger partial charge on any atom is -1.00 e. The van der Waals surface area contributed by atoms with Gasteiger partial charge in [0.2, 0.25) is 0 Å². The monoisotopic (exact) mass is 279 g/mol. The van der Waals surface area contributed by atoms with E-state index in [9.17, 15) is 12.9 Å². The van der Waals surface area contributed by atoms with Crippen LogP contribution < -0.4 is 9.27 Å². The van der Waals surface area contributed by atoms with Crippen LogP contribution in [0.1, 0.15) is 5.69 Å². The molecule has 1 heterocycles. The van der Waals surface area contributed by atoms with E-state index in [4.69, 9.17) is 0 Å². The summed E-state index contributed by atoms with van der Waals surface area (Å²) in [5.41, 5.74) is 1.29. The number of hydrogen-bond acceptors (Lipinski definition) is 1. The summed E-state index contributed by atoms with van der Waals surface area (Å²) in [6.45, 7) is 2.08. The van der Waals surface area contributed by atoms with Gasteiger partial charge in [-0.15, -0.1) is 0 Å². The molecule has 0 saturated carbocycles. The lowest BCUT2D eigenvalue weighted by molar-refractivity contribution is -0.683. The van der Waals surface area contributed by atoms with Gasteiger partial charge < -0.3 is 4.70 Å². The summed E-state index contributed by atoms with van der Waals surface area (Å²) in [4.78, 5) is 0. The van der Waals surface area contributed by atoms with Crippen LogP contribution in [0.4, 0.5) is 12.9 Å². The molecule has 76 valence electrons. The molecular formula is C5H7BBrF4NS. The Kier molecular flexibility index (Phi) is 8.65. The maximum absolute atomic E-state index is 9.67. The summed E-state index contributed by atoms with van der Waals surface area (Å²) in [5.74, 6) is 0. The van der Waals surface area contributed by atoms with E-state index in [-0.39, 0.29) is 4.70 Å². The van der Waals surface area contributed by atoms with Gasteiger partial charge in [0.05, 0.1) is 5.38 Å². The molecule has 0 aliphatic heterocycles. The Hall–Kier alpha value is -0.105. The first-order chi connectivity index (χ1) is 5.45. The highest BCUT2D eigenvalue weighted by molar-refractivity contribution is 9.11. The third kappa shape index (κ3) is 7.00. The Morgan fingerprint density at radius 1 is 1.46 bits per heavy atom. The largest absolute Gasteiger partial charge is 1.00 e. The molecule has 0 radical (unpaired) electrons. The predicted octanol–water partition coefficient (Wildman–Crippen LogP) is -0.473. The van der Waals surface area contributed by atoms with E-state index in [0.29, 0.717) is 0 Å². The van der Waals surface area contributed by atoms with E-state index in [1.807, 2.05) is 7.05 Å². The lowest BCUT2D eigenvalue weighted by atomic mass is 10.5. The van der Waals surface area contributed by atoms with Crippen LogP contribution in [-0.2, 0) is 7.05 Å². The van der Waals surface area contributed by atoms with E-state index in [1.165, 1.54) is 9.61 Å². The zero-order valence-electron chi connectivity index (χ0n) is 6.90. The van der Waals surface area contributed by atoms with Crippen molar-refractivity contribution in [1.82, 2.24) is 0 Å². The number of hydrogen-bond donors (Lipinski definition) is 0. The van der Waals surface area contributed by atoms with Gasteiger partial charge in [0.1, 0.15) is 7.05 Å². The molecule has 1 nitrogen and oxygen atoms in total. The van der Waals surface area contributed by atoms with Gasteiger partial charge in [-0.2, -0.15) is 4.57 Å². The molecule has 1 aromatic rings. The summed E-state index contributed by atoms with van der Waals surface area (Å²) < 4.78 is 32.3. The van der Waals surface area contributed by atoms with Crippen molar-refractivity contribution in [1.29, 1.82) is 0 Å². The average Bonchev–Trinajstić information content (AvgIpc) is 2.19. The first kappa shape index (κ1) is 15.4. The predicted molar refractivity (Wildman–Crippen MR) is 47.0 cm³/mol. The van der Waals surface area contributed by atoms with E-state index in [2.05, 4.69) is 32.8 Å². The second-order valence-electron chi connectivity index (χ2n) is 1.94. The SMILES string of the molecule is Cc1csc(Br)[n+]1C.FB(F)F.[F-]. The highest BCUT2D eigenvalue weighted by Gasteiger charge is 2.07. The summed E-state index contributed by atoms with van der Waals surface area (Å²) in [5, 5.41) is 2.12. The Bertz CT molecular complexity index is 222. The Balaban J connectivity index is 0. The van der Waals surface area contributed by atoms with Crippen molar-refractivity contribution in [2.75, 3.05) is 0 Å². The molecule has 0 aliphatic rings. The van der Waals surface area contributed by atoms with Crippen LogP contribution in [0.3, 0.4) is 0 Å². The van der Waals surface area contributed by atoms with Crippen molar-refractivity contribution in [2.45, 2.75) is 6.92 Å². The van der Waals surface area contributed by atoms with E-state index in [1.54, 1.807) is 11.3 Å². The van der Waals surface area contributed by atoms with Crippen molar-refractivity contribution in [3.05, 3.63) is 15.0 Å². The van der Waals surface area contributed by atoms with Crippen LogP contribution in [0.5, 0.6) is 0 Å². The molecule has 0 fully saturated rings. The van der Waals surface area contributed by atoms with Crippen LogP contribution in [0.15, 0.2) is 9.30 Å². The van der Waals surface area contributed by atoms with Gasteiger partial charge >= 0.3 is 11.5 Å². The summed E-state index contributed by atoms with van der Waals surface area (Å²) in [6.07, 6.45) is 0. The normalized spacial score (nSPS) is 8.15. The standard InChI is InChI=1S/C5H7BrNS.BF3.FH/c1-4-3-8-5(6)7(4)2;2-1(3)4;/h3H,1-2H3;;1H/q+1;;/p-1. The maximum atomic E-state index is 9.67. The van der Waals surface area contributed by atoms with E-state index >= 15 is 0 Å². The van der Waals surface area contributed by atoms with Crippen molar-refractivity contribution in [2.24, 2.45) is 7.05 Å². The molecule has 0 spiro atoms. The molecule has 0 N–H and O–H groups in total. The van der Waals surface area contributed by atoms with E-state index in [0.717, 1.165) is 0 Å². The number of aryl methyl sites for hydroxylation is 1.